The highest BCUT2D eigenvalue weighted by Gasteiger charge is 2.10. The second-order valence-corrected chi connectivity index (χ2v) is 4.25. The minimum Gasteiger partial charge on any atom is -0.490 e. The van der Waals surface area contributed by atoms with E-state index in [9.17, 15) is 4.79 Å². The Labute approximate surface area is 107 Å². The van der Waals surface area contributed by atoms with Crippen molar-refractivity contribution in [3.8, 4) is 5.75 Å². The van der Waals surface area contributed by atoms with E-state index in [0.717, 1.165) is 12.2 Å². The van der Waals surface area contributed by atoms with Crippen molar-refractivity contribution in [2.45, 2.75) is 26.2 Å². The second kappa shape index (κ2) is 6.24. The Morgan fingerprint density at radius 2 is 2.17 bits per heavy atom. The van der Waals surface area contributed by atoms with Crippen LogP contribution in [0, 0.1) is 0 Å². The molecule has 1 aliphatic rings. The lowest BCUT2D eigenvalue weighted by molar-refractivity contribution is -0.137. The van der Waals surface area contributed by atoms with E-state index < -0.39 is 0 Å². The molecule has 0 heterocycles. The lowest BCUT2D eigenvalue weighted by Crippen LogP contribution is -2.01. The highest BCUT2D eigenvalue weighted by molar-refractivity contribution is 5.81. The first-order chi connectivity index (χ1) is 8.79. The fourth-order valence-electron chi connectivity index (χ4n) is 2.12. The van der Waals surface area contributed by atoms with Gasteiger partial charge < -0.3 is 9.47 Å². The topological polar surface area (TPSA) is 35.5 Å². The van der Waals surface area contributed by atoms with E-state index in [1.807, 2.05) is 6.07 Å². The number of esters is 1. The Bertz CT molecular complexity index is 449. The van der Waals surface area contributed by atoms with Gasteiger partial charge in [-0.05, 0) is 55.5 Å². The third kappa shape index (κ3) is 3.36. The zero-order chi connectivity index (χ0) is 12.8. The van der Waals surface area contributed by atoms with Crippen LogP contribution in [0.1, 0.15) is 24.5 Å². The number of hydrogen-bond donors (Lipinski definition) is 0. The number of ether oxygens (including phenoxy) is 2. The van der Waals surface area contributed by atoms with E-state index in [1.165, 1.54) is 30.0 Å². The van der Waals surface area contributed by atoms with E-state index in [4.69, 9.17) is 9.47 Å². The SMILES string of the molecule is CCOC(=O)/C=C/COc1ccc2c(c1)CCC2. The van der Waals surface area contributed by atoms with E-state index in [1.54, 1.807) is 13.0 Å². The molecule has 3 nitrogen and oxygen atoms in total. The molecule has 0 saturated heterocycles. The molecule has 0 aromatic heterocycles. The molecule has 0 aliphatic heterocycles. The molecular weight excluding hydrogens is 228 g/mol. The summed E-state index contributed by atoms with van der Waals surface area (Å²) in [7, 11) is 0. The predicted octanol–water partition coefficient (Wildman–Crippen LogP) is 2.67. The minimum absolute atomic E-state index is 0.324. The van der Waals surface area contributed by atoms with Crippen LogP contribution >= 0.6 is 0 Å². The van der Waals surface area contributed by atoms with Crippen molar-refractivity contribution >= 4 is 5.97 Å². The maximum absolute atomic E-state index is 11.0. The second-order valence-electron chi connectivity index (χ2n) is 4.25. The Morgan fingerprint density at radius 1 is 1.33 bits per heavy atom. The van der Waals surface area contributed by atoms with Crippen LogP contribution in [0.25, 0.3) is 0 Å². The summed E-state index contributed by atoms with van der Waals surface area (Å²) in [6.07, 6.45) is 6.63. The molecule has 0 atom stereocenters. The van der Waals surface area contributed by atoms with Crippen LogP contribution in [0.3, 0.4) is 0 Å². The summed E-state index contributed by atoms with van der Waals surface area (Å²) in [5, 5.41) is 0. The third-order valence-electron chi connectivity index (χ3n) is 2.96. The predicted molar refractivity (Wildman–Crippen MR) is 69.7 cm³/mol. The quantitative estimate of drug-likeness (QED) is 0.592. The zero-order valence-electron chi connectivity index (χ0n) is 10.6. The largest absolute Gasteiger partial charge is 0.490 e. The monoisotopic (exact) mass is 246 g/mol. The van der Waals surface area contributed by atoms with Crippen molar-refractivity contribution < 1.29 is 14.3 Å². The molecule has 1 aromatic carbocycles. The summed E-state index contributed by atoms with van der Waals surface area (Å²) in [6, 6.07) is 6.22. The number of fused-ring (bicyclic) bond motifs is 1. The molecule has 96 valence electrons. The van der Waals surface area contributed by atoms with Gasteiger partial charge in [0.25, 0.3) is 0 Å². The van der Waals surface area contributed by atoms with Crippen molar-refractivity contribution in [2.24, 2.45) is 0 Å². The summed E-state index contributed by atoms with van der Waals surface area (Å²) in [4.78, 5) is 11.0. The Balaban J connectivity index is 1.82. The first-order valence-corrected chi connectivity index (χ1v) is 6.37. The van der Waals surface area contributed by atoms with E-state index in [2.05, 4.69) is 12.1 Å². The summed E-state index contributed by atoms with van der Waals surface area (Å²) in [5.41, 5.74) is 2.83. The average molecular weight is 246 g/mol. The van der Waals surface area contributed by atoms with Crippen LogP contribution in [0.4, 0.5) is 0 Å². The van der Waals surface area contributed by atoms with Gasteiger partial charge in [0.05, 0.1) is 6.61 Å². The lowest BCUT2D eigenvalue weighted by Gasteiger charge is -2.05. The smallest absolute Gasteiger partial charge is 0.330 e. The Morgan fingerprint density at radius 3 is 3.00 bits per heavy atom. The van der Waals surface area contributed by atoms with Crippen LogP contribution < -0.4 is 4.74 Å². The molecule has 0 fully saturated rings. The van der Waals surface area contributed by atoms with Gasteiger partial charge in [-0.15, -0.1) is 0 Å². The van der Waals surface area contributed by atoms with E-state index in [0.29, 0.717) is 13.2 Å². The summed E-state index contributed by atoms with van der Waals surface area (Å²) >= 11 is 0. The van der Waals surface area contributed by atoms with E-state index in [-0.39, 0.29) is 5.97 Å². The van der Waals surface area contributed by atoms with E-state index >= 15 is 0 Å². The Hall–Kier alpha value is -1.77. The average Bonchev–Trinajstić information content (AvgIpc) is 2.82. The molecule has 1 aromatic rings. The zero-order valence-corrected chi connectivity index (χ0v) is 10.6. The van der Waals surface area contributed by atoms with Gasteiger partial charge in [0.1, 0.15) is 12.4 Å². The molecule has 2 rings (SSSR count). The van der Waals surface area contributed by atoms with Crippen LogP contribution in [-0.4, -0.2) is 19.2 Å². The maximum atomic E-state index is 11.0. The standard InChI is InChI=1S/C15H18O3/c1-2-17-15(16)7-4-10-18-14-9-8-12-5-3-6-13(12)11-14/h4,7-9,11H,2-3,5-6,10H2,1H3/b7-4+. The molecule has 0 saturated carbocycles. The van der Waals surface area contributed by atoms with Crippen molar-refractivity contribution in [2.75, 3.05) is 13.2 Å². The number of aryl methyl sites for hydroxylation is 2. The molecule has 3 heteroatoms. The highest BCUT2D eigenvalue weighted by atomic mass is 16.5. The van der Waals surface area contributed by atoms with Gasteiger partial charge in [0, 0.05) is 6.08 Å². The van der Waals surface area contributed by atoms with Gasteiger partial charge in [-0.2, -0.15) is 0 Å². The normalized spacial score (nSPS) is 13.6. The minimum atomic E-state index is -0.324. The molecule has 1 aliphatic carbocycles. The van der Waals surface area contributed by atoms with Crippen LogP contribution in [-0.2, 0) is 22.4 Å². The summed E-state index contributed by atoms with van der Waals surface area (Å²) in [6.45, 7) is 2.57. The van der Waals surface area contributed by atoms with Gasteiger partial charge in [-0.3, -0.25) is 0 Å². The fraction of sp³-hybridized carbons (Fsp3) is 0.400. The van der Waals surface area contributed by atoms with Gasteiger partial charge in [-0.25, -0.2) is 4.79 Å². The Kier molecular flexibility index (Phi) is 4.40. The molecule has 0 amide bonds. The fourth-order valence-corrected chi connectivity index (χ4v) is 2.12. The van der Waals surface area contributed by atoms with Gasteiger partial charge in [0.2, 0.25) is 0 Å². The highest BCUT2D eigenvalue weighted by Crippen LogP contribution is 2.25. The number of rotatable bonds is 5. The molecule has 18 heavy (non-hydrogen) atoms. The van der Waals surface area contributed by atoms with Crippen molar-refractivity contribution in [1.29, 1.82) is 0 Å². The molecular formula is C15H18O3. The maximum Gasteiger partial charge on any atom is 0.330 e. The summed E-state index contributed by atoms with van der Waals surface area (Å²) < 4.78 is 10.3. The first-order valence-electron chi connectivity index (χ1n) is 6.37. The molecule has 0 bridgehead atoms. The number of carbonyl (C=O) groups is 1. The van der Waals surface area contributed by atoms with Crippen molar-refractivity contribution in [1.82, 2.24) is 0 Å². The van der Waals surface area contributed by atoms with Crippen LogP contribution in [0.2, 0.25) is 0 Å². The molecule has 0 spiro atoms. The number of hydrogen-bond acceptors (Lipinski definition) is 3. The van der Waals surface area contributed by atoms with Crippen molar-refractivity contribution in [3.63, 3.8) is 0 Å². The number of carbonyl (C=O) groups excluding carboxylic acids is 1. The van der Waals surface area contributed by atoms with Gasteiger partial charge in [0.15, 0.2) is 0 Å². The van der Waals surface area contributed by atoms with Crippen LogP contribution in [0.5, 0.6) is 5.75 Å². The third-order valence-corrected chi connectivity index (χ3v) is 2.96. The van der Waals surface area contributed by atoms with Crippen molar-refractivity contribution in [3.05, 3.63) is 41.5 Å². The summed E-state index contributed by atoms with van der Waals surface area (Å²) in [5.74, 6) is 0.541. The molecule has 0 unspecified atom stereocenters. The number of benzene rings is 1. The first kappa shape index (κ1) is 12.7. The lowest BCUT2D eigenvalue weighted by atomic mass is 10.1. The van der Waals surface area contributed by atoms with Gasteiger partial charge >= 0.3 is 5.97 Å². The van der Waals surface area contributed by atoms with Gasteiger partial charge in [-0.1, -0.05) is 6.07 Å². The molecule has 0 radical (unpaired) electrons. The molecule has 0 N–H and O–H groups in total. The van der Waals surface area contributed by atoms with Crippen LogP contribution in [0.15, 0.2) is 30.4 Å².